The van der Waals surface area contributed by atoms with E-state index in [1.165, 1.54) is 23.5 Å². The van der Waals surface area contributed by atoms with Crippen LogP contribution in [0.5, 0.6) is 5.75 Å². The highest BCUT2D eigenvalue weighted by molar-refractivity contribution is 7.14. The molecule has 0 saturated carbocycles. The zero-order valence-electron chi connectivity index (χ0n) is 12.4. The van der Waals surface area contributed by atoms with E-state index in [4.69, 9.17) is 0 Å². The van der Waals surface area contributed by atoms with Crippen molar-refractivity contribution in [1.82, 2.24) is 4.98 Å². The summed E-state index contributed by atoms with van der Waals surface area (Å²) in [5.74, 6) is 0.113. The zero-order valence-corrected chi connectivity index (χ0v) is 13.2. The maximum atomic E-state index is 12.1. The topological polar surface area (TPSA) is 46.5 Å². The van der Waals surface area contributed by atoms with E-state index in [-0.39, 0.29) is 5.75 Å². The van der Waals surface area contributed by atoms with Crippen molar-refractivity contribution in [2.75, 3.05) is 5.43 Å². The van der Waals surface area contributed by atoms with Gasteiger partial charge < -0.3 is 4.74 Å². The van der Waals surface area contributed by atoms with E-state index in [0.717, 1.165) is 16.8 Å². The summed E-state index contributed by atoms with van der Waals surface area (Å²) < 4.78 is 28.4. The third-order valence-electron chi connectivity index (χ3n) is 3.05. The normalized spacial score (nSPS) is 11.1. The van der Waals surface area contributed by atoms with E-state index in [1.807, 2.05) is 35.7 Å². The Morgan fingerprint density at radius 1 is 1.08 bits per heavy atom. The number of nitrogens with one attached hydrogen (secondary N) is 1. The minimum absolute atomic E-state index is 0.113. The first kappa shape index (κ1) is 16.1. The molecule has 0 aliphatic carbocycles. The molecule has 1 heterocycles. The molecule has 0 radical (unpaired) electrons. The molecule has 3 aromatic rings. The van der Waals surface area contributed by atoms with Crippen molar-refractivity contribution in [3.05, 3.63) is 65.5 Å². The smallest absolute Gasteiger partial charge is 0.387 e. The molecule has 0 atom stereocenters. The Hall–Kier alpha value is -2.80. The van der Waals surface area contributed by atoms with Gasteiger partial charge in [-0.2, -0.15) is 13.9 Å². The highest BCUT2D eigenvalue weighted by Gasteiger charge is 2.04. The van der Waals surface area contributed by atoms with E-state index in [0.29, 0.717) is 5.13 Å². The first-order chi connectivity index (χ1) is 11.7. The summed E-state index contributed by atoms with van der Waals surface area (Å²) in [7, 11) is 0. The van der Waals surface area contributed by atoms with Crippen LogP contribution in [0.3, 0.4) is 0 Å². The zero-order chi connectivity index (χ0) is 16.8. The Morgan fingerprint density at radius 3 is 2.54 bits per heavy atom. The highest BCUT2D eigenvalue weighted by atomic mass is 32.1. The van der Waals surface area contributed by atoms with Gasteiger partial charge in [-0.25, -0.2) is 4.98 Å². The van der Waals surface area contributed by atoms with E-state index in [2.05, 4.69) is 20.2 Å². The molecule has 7 heteroatoms. The van der Waals surface area contributed by atoms with E-state index in [9.17, 15) is 8.78 Å². The number of nitrogens with zero attached hydrogens (tertiary/aromatic N) is 2. The lowest BCUT2D eigenvalue weighted by Crippen LogP contribution is -2.01. The number of alkyl halides is 2. The van der Waals surface area contributed by atoms with Crippen LogP contribution in [-0.4, -0.2) is 17.8 Å². The number of benzene rings is 2. The van der Waals surface area contributed by atoms with Crippen LogP contribution < -0.4 is 10.2 Å². The number of hydrazone groups is 1. The maximum absolute atomic E-state index is 12.1. The maximum Gasteiger partial charge on any atom is 0.387 e. The quantitative estimate of drug-likeness (QED) is 0.513. The summed E-state index contributed by atoms with van der Waals surface area (Å²) in [6.45, 7) is -2.82. The Morgan fingerprint density at radius 2 is 1.83 bits per heavy atom. The average Bonchev–Trinajstić information content (AvgIpc) is 3.06. The third-order valence-corrected chi connectivity index (χ3v) is 3.80. The van der Waals surface area contributed by atoms with Crippen LogP contribution in [0.1, 0.15) is 5.56 Å². The number of aromatic nitrogens is 1. The van der Waals surface area contributed by atoms with Crippen LogP contribution in [-0.2, 0) is 0 Å². The second-order valence-corrected chi connectivity index (χ2v) is 5.58. The number of hydrogen-bond donors (Lipinski definition) is 1. The predicted octanol–water partition coefficient (Wildman–Crippen LogP) is 4.86. The van der Waals surface area contributed by atoms with Crippen molar-refractivity contribution >= 4 is 22.7 Å². The number of ether oxygens (including phenoxy) is 1. The summed E-state index contributed by atoms with van der Waals surface area (Å²) >= 11 is 1.45. The number of anilines is 1. The Bertz CT molecular complexity index is 804. The molecule has 0 aliphatic heterocycles. The van der Waals surface area contributed by atoms with Gasteiger partial charge in [0.05, 0.1) is 11.9 Å². The molecule has 2 aromatic carbocycles. The van der Waals surface area contributed by atoms with Gasteiger partial charge in [0.15, 0.2) is 0 Å². The van der Waals surface area contributed by atoms with Crippen LogP contribution >= 0.6 is 11.3 Å². The monoisotopic (exact) mass is 345 g/mol. The second kappa shape index (κ2) is 7.65. The number of rotatable bonds is 6. The molecule has 0 saturated heterocycles. The fourth-order valence-corrected chi connectivity index (χ4v) is 2.63. The molecule has 1 aromatic heterocycles. The number of hydrogen-bond acceptors (Lipinski definition) is 5. The van der Waals surface area contributed by atoms with Crippen molar-refractivity contribution in [1.29, 1.82) is 0 Å². The van der Waals surface area contributed by atoms with Crippen molar-refractivity contribution in [3.63, 3.8) is 0 Å². The molecule has 0 spiro atoms. The molecular formula is C17H13F2N3OS. The van der Waals surface area contributed by atoms with Crippen LogP contribution in [0.2, 0.25) is 0 Å². The molecule has 4 nitrogen and oxygen atoms in total. The fraction of sp³-hybridized carbons (Fsp3) is 0.0588. The fourth-order valence-electron chi connectivity index (χ4n) is 1.96. The Labute approximate surface area is 141 Å². The van der Waals surface area contributed by atoms with Crippen LogP contribution in [0.15, 0.2) is 65.1 Å². The van der Waals surface area contributed by atoms with E-state index >= 15 is 0 Å². The Kier molecular flexibility index (Phi) is 5.12. The summed E-state index contributed by atoms with van der Waals surface area (Å²) in [5, 5.41) is 6.71. The van der Waals surface area contributed by atoms with Gasteiger partial charge in [0.25, 0.3) is 0 Å². The van der Waals surface area contributed by atoms with Crippen molar-refractivity contribution in [2.24, 2.45) is 5.10 Å². The van der Waals surface area contributed by atoms with E-state index in [1.54, 1.807) is 18.3 Å². The second-order valence-electron chi connectivity index (χ2n) is 4.72. The minimum Gasteiger partial charge on any atom is -0.435 e. The average molecular weight is 345 g/mol. The van der Waals surface area contributed by atoms with Gasteiger partial charge in [-0.3, -0.25) is 5.43 Å². The van der Waals surface area contributed by atoms with Gasteiger partial charge >= 0.3 is 6.61 Å². The molecule has 0 aliphatic rings. The largest absolute Gasteiger partial charge is 0.435 e. The molecular weight excluding hydrogens is 332 g/mol. The first-order valence-corrected chi connectivity index (χ1v) is 7.93. The van der Waals surface area contributed by atoms with Crippen LogP contribution in [0.4, 0.5) is 13.9 Å². The van der Waals surface area contributed by atoms with Gasteiger partial charge in [0.1, 0.15) is 5.75 Å². The SMILES string of the molecule is FC(F)Oc1ccc(C=NNc2nc(-c3ccccc3)cs2)cc1. The third kappa shape index (κ3) is 4.36. The van der Waals surface area contributed by atoms with Crippen molar-refractivity contribution in [3.8, 4) is 17.0 Å². The van der Waals surface area contributed by atoms with Gasteiger partial charge in [0, 0.05) is 10.9 Å². The molecule has 0 bridgehead atoms. The molecule has 0 unspecified atom stereocenters. The predicted molar refractivity (Wildman–Crippen MR) is 91.8 cm³/mol. The minimum atomic E-state index is -2.82. The number of thiazole rings is 1. The van der Waals surface area contributed by atoms with Crippen molar-refractivity contribution < 1.29 is 13.5 Å². The van der Waals surface area contributed by atoms with Gasteiger partial charge in [-0.1, -0.05) is 30.3 Å². The molecule has 0 fully saturated rings. The summed E-state index contributed by atoms with van der Waals surface area (Å²) in [6.07, 6.45) is 1.58. The molecule has 1 N–H and O–H groups in total. The lowest BCUT2D eigenvalue weighted by atomic mass is 10.2. The van der Waals surface area contributed by atoms with Gasteiger partial charge in [-0.05, 0) is 29.8 Å². The molecule has 122 valence electrons. The lowest BCUT2D eigenvalue weighted by molar-refractivity contribution is -0.0498. The van der Waals surface area contributed by atoms with Crippen LogP contribution in [0.25, 0.3) is 11.3 Å². The molecule has 24 heavy (non-hydrogen) atoms. The highest BCUT2D eigenvalue weighted by Crippen LogP contribution is 2.24. The van der Waals surface area contributed by atoms with Gasteiger partial charge in [0.2, 0.25) is 5.13 Å². The van der Waals surface area contributed by atoms with Crippen LogP contribution in [0, 0.1) is 0 Å². The summed E-state index contributed by atoms with van der Waals surface area (Å²) in [5.41, 5.74) is 5.53. The molecule has 3 rings (SSSR count). The van der Waals surface area contributed by atoms with E-state index < -0.39 is 6.61 Å². The summed E-state index contributed by atoms with van der Waals surface area (Å²) in [6, 6.07) is 16.1. The molecule has 0 amide bonds. The lowest BCUT2D eigenvalue weighted by Gasteiger charge is -2.03. The van der Waals surface area contributed by atoms with Crippen molar-refractivity contribution in [2.45, 2.75) is 6.61 Å². The first-order valence-electron chi connectivity index (χ1n) is 7.05. The van der Waals surface area contributed by atoms with Gasteiger partial charge in [-0.15, -0.1) is 11.3 Å². The standard InChI is InChI=1S/C17H13F2N3OS/c18-16(19)23-14-8-6-12(7-9-14)10-20-22-17-21-15(11-24-17)13-4-2-1-3-5-13/h1-11,16H,(H,21,22). The summed E-state index contributed by atoms with van der Waals surface area (Å²) in [4.78, 5) is 4.45. The number of halogens is 2. The Balaban J connectivity index is 1.59.